The molecular formula is C21H29F3N2O2S. The normalized spacial score (nSPS) is 17.3. The lowest BCUT2D eigenvalue weighted by molar-refractivity contribution is -0.152. The number of benzene rings is 1. The average Bonchev–Trinajstić information content (AvgIpc) is 3.35. The molecule has 0 amide bonds. The minimum absolute atomic E-state index is 0.0451. The molecule has 2 aromatic rings. The van der Waals surface area contributed by atoms with Crippen LogP contribution in [0, 0.1) is 5.41 Å². The number of aromatic nitrogens is 1. The maximum atomic E-state index is 14.0. The van der Waals surface area contributed by atoms with Gasteiger partial charge in [-0.05, 0) is 35.8 Å². The van der Waals surface area contributed by atoms with Crippen LogP contribution in [0.25, 0.3) is 10.9 Å². The van der Waals surface area contributed by atoms with Crippen LogP contribution in [-0.2, 0) is 16.6 Å². The molecule has 1 saturated carbocycles. The van der Waals surface area contributed by atoms with E-state index in [9.17, 15) is 21.6 Å². The molecule has 1 aliphatic carbocycles. The van der Waals surface area contributed by atoms with E-state index in [1.807, 2.05) is 56.0 Å². The zero-order valence-electron chi connectivity index (χ0n) is 17.5. The zero-order chi connectivity index (χ0) is 21.8. The zero-order valence-corrected chi connectivity index (χ0v) is 18.3. The van der Waals surface area contributed by atoms with Crippen molar-refractivity contribution in [1.29, 1.82) is 0 Å². The van der Waals surface area contributed by atoms with Crippen LogP contribution in [0.5, 0.6) is 0 Å². The van der Waals surface area contributed by atoms with E-state index in [2.05, 4.69) is 0 Å². The highest BCUT2D eigenvalue weighted by Crippen LogP contribution is 2.40. The van der Waals surface area contributed by atoms with Crippen LogP contribution in [-0.4, -0.2) is 24.4 Å². The van der Waals surface area contributed by atoms with E-state index in [0.717, 1.165) is 5.56 Å². The molecule has 1 heterocycles. The smallest absolute Gasteiger partial charge is 0.347 e. The highest BCUT2D eigenvalue weighted by Gasteiger charge is 2.47. The molecule has 1 atom stereocenters. The van der Waals surface area contributed by atoms with Gasteiger partial charge in [0.15, 0.2) is 0 Å². The van der Waals surface area contributed by atoms with Gasteiger partial charge >= 0.3 is 6.18 Å². The summed E-state index contributed by atoms with van der Waals surface area (Å²) in [4.78, 5) is 0. The summed E-state index contributed by atoms with van der Waals surface area (Å²) in [6, 6.07) is 3.16. The first-order chi connectivity index (χ1) is 13.2. The number of alkyl halides is 3. The van der Waals surface area contributed by atoms with E-state index < -0.39 is 27.5 Å². The van der Waals surface area contributed by atoms with E-state index >= 15 is 0 Å². The van der Waals surface area contributed by atoms with Crippen LogP contribution in [0.4, 0.5) is 13.2 Å². The number of sulfonamides is 1. The molecule has 3 rings (SSSR count). The topological polar surface area (TPSA) is 51.1 Å². The lowest BCUT2D eigenvalue weighted by Gasteiger charge is -2.22. The Kier molecular flexibility index (Phi) is 5.58. The summed E-state index contributed by atoms with van der Waals surface area (Å²) in [6.07, 6.45) is -2.46. The van der Waals surface area contributed by atoms with Gasteiger partial charge in [-0.2, -0.15) is 17.9 Å². The molecule has 4 nitrogen and oxygen atoms in total. The van der Waals surface area contributed by atoms with Crippen molar-refractivity contribution in [3.63, 3.8) is 0 Å². The fourth-order valence-corrected chi connectivity index (χ4v) is 5.05. The Bertz CT molecular complexity index is 997. The molecule has 1 aliphatic rings. The molecule has 29 heavy (non-hydrogen) atoms. The highest BCUT2D eigenvalue weighted by molar-refractivity contribution is 7.90. The summed E-state index contributed by atoms with van der Waals surface area (Å²) >= 11 is 0. The highest BCUT2D eigenvalue weighted by atomic mass is 32.2. The van der Waals surface area contributed by atoms with Crippen LogP contribution in [0.15, 0.2) is 24.4 Å². The van der Waals surface area contributed by atoms with Gasteiger partial charge in [-0.3, -0.25) is 0 Å². The van der Waals surface area contributed by atoms with Crippen molar-refractivity contribution in [3.8, 4) is 0 Å². The van der Waals surface area contributed by atoms with Crippen LogP contribution in [0.2, 0.25) is 0 Å². The lowest BCUT2D eigenvalue weighted by atomic mass is 9.96. The summed E-state index contributed by atoms with van der Waals surface area (Å²) in [7, 11) is -4.01. The molecule has 162 valence electrons. The van der Waals surface area contributed by atoms with Crippen molar-refractivity contribution in [2.24, 2.45) is 5.41 Å². The van der Waals surface area contributed by atoms with E-state index in [-0.39, 0.29) is 16.9 Å². The first-order valence-corrected chi connectivity index (χ1v) is 11.4. The van der Waals surface area contributed by atoms with Crippen molar-refractivity contribution in [2.45, 2.75) is 77.4 Å². The molecule has 1 N–H and O–H groups in total. The van der Waals surface area contributed by atoms with Crippen molar-refractivity contribution in [3.05, 3.63) is 35.5 Å². The lowest BCUT2D eigenvalue weighted by Crippen LogP contribution is -2.39. The van der Waals surface area contributed by atoms with E-state index in [1.165, 1.54) is 6.20 Å². The monoisotopic (exact) mass is 430 g/mol. The summed E-state index contributed by atoms with van der Waals surface area (Å²) in [5.41, 5.74) is 1.52. The maximum Gasteiger partial charge on any atom is 0.408 e. The summed E-state index contributed by atoms with van der Waals surface area (Å²) in [6.45, 7) is 10.6. The number of nitrogens with zero attached hydrogens (tertiary/aromatic N) is 1. The quantitative estimate of drug-likeness (QED) is 0.658. The summed E-state index contributed by atoms with van der Waals surface area (Å²) in [5, 5.41) is -0.290. The third kappa shape index (κ3) is 4.97. The fourth-order valence-electron chi connectivity index (χ4n) is 3.51. The third-order valence-corrected chi connectivity index (χ3v) is 7.05. The molecule has 1 unspecified atom stereocenters. The Morgan fingerprint density at radius 1 is 1.17 bits per heavy atom. The molecule has 0 radical (unpaired) electrons. The second kappa shape index (κ2) is 7.30. The predicted molar refractivity (Wildman–Crippen MR) is 109 cm³/mol. The van der Waals surface area contributed by atoms with E-state index in [4.69, 9.17) is 0 Å². The Morgan fingerprint density at radius 3 is 2.28 bits per heavy atom. The number of halogens is 3. The molecule has 0 aliphatic heterocycles. The minimum Gasteiger partial charge on any atom is -0.347 e. The van der Waals surface area contributed by atoms with Crippen LogP contribution < -0.4 is 4.72 Å². The largest absolute Gasteiger partial charge is 0.408 e. The number of hydrogen-bond donors (Lipinski definition) is 1. The first kappa shape index (κ1) is 22.2. The average molecular weight is 431 g/mol. The SMILES string of the molecule is CC(C)c1ccc2c(C(NS(=O)(=O)C3CC3)C(F)(F)F)cn(CC(C)(C)C)c2c1. The van der Waals surface area contributed by atoms with Gasteiger partial charge in [-0.25, -0.2) is 8.42 Å². The molecule has 0 saturated heterocycles. The van der Waals surface area contributed by atoms with Crippen molar-refractivity contribution in [2.75, 3.05) is 0 Å². The molecule has 0 spiro atoms. The van der Waals surface area contributed by atoms with Gasteiger partial charge in [0, 0.05) is 29.2 Å². The van der Waals surface area contributed by atoms with E-state index in [1.54, 1.807) is 6.07 Å². The van der Waals surface area contributed by atoms with E-state index in [0.29, 0.717) is 30.3 Å². The van der Waals surface area contributed by atoms with Crippen LogP contribution >= 0.6 is 0 Å². The molecule has 8 heteroatoms. The van der Waals surface area contributed by atoms with Gasteiger partial charge in [-0.1, -0.05) is 46.8 Å². The van der Waals surface area contributed by atoms with Crippen LogP contribution in [0.1, 0.15) is 70.5 Å². The van der Waals surface area contributed by atoms with Crippen LogP contribution in [0.3, 0.4) is 0 Å². The van der Waals surface area contributed by atoms with Gasteiger partial charge < -0.3 is 4.57 Å². The van der Waals surface area contributed by atoms with Gasteiger partial charge in [-0.15, -0.1) is 0 Å². The van der Waals surface area contributed by atoms with Gasteiger partial charge in [0.2, 0.25) is 10.0 Å². The Balaban J connectivity index is 2.17. The van der Waals surface area contributed by atoms with Gasteiger partial charge in [0.1, 0.15) is 6.04 Å². The van der Waals surface area contributed by atoms with Gasteiger partial charge in [0.25, 0.3) is 0 Å². The molecule has 1 aromatic carbocycles. The van der Waals surface area contributed by atoms with Crippen molar-refractivity contribution in [1.82, 2.24) is 9.29 Å². The third-order valence-electron chi connectivity index (χ3n) is 5.13. The number of nitrogens with one attached hydrogen (secondary N) is 1. The fraction of sp³-hybridized carbons (Fsp3) is 0.619. The second-order valence-corrected chi connectivity index (χ2v) is 11.5. The summed E-state index contributed by atoms with van der Waals surface area (Å²) in [5.74, 6) is 0.229. The van der Waals surface area contributed by atoms with Gasteiger partial charge in [0.05, 0.1) is 5.25 Å². The first-order valence-electron chi connectivity index (χ1n) is 9.89. The Hall–Kier alpha value is -1.54. The maximum absolute atomic E-state index is 14.0. The minimum atomic E-state index is -4.74. The molecular weight excluding hydrogens is 401 g/mol. The molecule has 1 fully saturated rings. The second-order valence-electron chi connectivity index (χ2n) is 9.54. The Labute approximate surface area is 170 Å². The molecule has 0 bridgehead atoms. The van der Waals surface area contributed by atoms with Crippen molar-refractivity contribution < 1.29 is 21.6 Å². The number of rotatable bonds is 6. The summed E-state index contributed by atoms with van der Waals surface area (Å²) < 4.78 is 70.3. The predicted octanol–water partition coefficient (Wildman–Crippen LogP) is 5.50. The molecule has 1 aromatic heterocycles. The Morgan fingerprint density at radius 2 is 1.79 bits per heavy atom. The number of fused-ring (bicyclic) bond motifs is 1. The standard InChI is InChI=1S/C21H29F3N2O2S/c1-13(2)14-6-9-16-17(11-26(18(16)10-14)12-20(3,4)5)19(21(22,23)24)25-29(27,28)15-7-8-15/h6,9-11,13,15,19,25H,7-8,12H2,1-5H3. The number of hydrogen-bond acceptors (Lipinski definition) is 2. The van der Waals surface area contributed by atoms with Crippen molar-refractivity contribution >= 4 is 20.9 Å².